The molecule has 0 amide bonds. The molecule has 0 fully saturated rings. The van der Waals surface area contributed by atoms with Gasteiger partial charge in [-0.1, -0.05) is 114 Å². The first kappa shape index (κ1) is 27.2. The van der Waals surface area contributed by atoms with Gasteiger partial charge in [0.2, 0.25) is 0 Å². The van der Waals surface area contributed by atoms with Gasteiger partial charge in [0.1, 0.15) is 5.76 Å². The summed E-state index contributed by atoms with van der Waals surface area (Å²) in [6.07, 6.45) is 12.2. The van der Waals surface area contributed by atoms with E-state index in [1.807, 2.05) is 42.6 Å². The van der Waals surface area contributed by atoms with Gasteiger partial charge in [0, 0.05) is 22.9 Å². The Balaban J connectivity index is 1.50. The first-order chi connectivity index (χ1) is 18.5. The summed E-state index contributed by atoms with van der Waals surface area (Å²) in [6, 6.07) is 27.1. The maximum Gasteiger partial charge on any atom is 0.120 e. The van der Waals surface area contributed by atoms with Crippen molar-refractivity contribution in [2.75, 3.05) is 11.9 Å². The van der Waals surface area contributed by atoms with E-state index in [4.69, 9.17) is 9.73 Å². The molecule has 3 aromatic rings. The van der Waals surface area contributed by atoms with E-state index in [9.17, 15) is 0 Å². The lowest BCUT2D eigenvalue weighted by atomic mass is 9.78. The molecule has 4 rings (SSSR count). The minimum atomic E-state index is -0.168. The second-order valence-corrected chi connectivity index (χ2v) is 10.4. The molecular formula is C35H40N2O. The zero-order valence-electron chi connectivity index (χ0n) is 23.0. The SMILES string of the molecule is C=C(OCCCCCCC)C(=C\Nc1ccccc1)/C=C/c1ccc2c(c1)C(C)(C)C(c1ccccc1)=N2. The molecule has 3 nitrogen and oxygen atoms in total. The number of anilines is 1. The number of benzene rings is 3. The van der Waals surface area contributed by atoms with E-state index in [0.29, 0.717) is 12.4 Å². The molecule has 38 heavy (non-hydrogen) atoms. The Morgan fingerprint density at radius 1 is 0.921 bits per heavy atom. The monoisotopic (exact) mass is 504 g/mol. The number of nitrogens with one attached hydrogen (secondary N) is 1. The maximum atomic E-state index is 6.06. The average molecular weight is 505 g/mol. The molecule has 0 bridgehead atoms. The zero-order chi connectivity index (χ0) is 26.8. The first-order valence-corrected chi connectivity index (χ1v) is 13.8. The number of hydrogen-bond acceptors (Lipinski definition) is 3. The Labute approximate surface area is 228 Å². The van der Waals surface area contributed by atoms with Crippen LogP contribution in [0.4, 0.5) is 11.4 Å². The fraction of sp³-hybridized carbons (Fsp3) is 0.286. The number of rotatable bonds is 13. The predicted octanol–water partition coefficient (Wildman–Crippen LogP) is 9.61. The summed E-state index contributed by atoms with van der Waals surface area (Å²) in [4.78, 5) is 5.00. The molecule has 3 heteroatoms. The van der Waals surface area contributed by atoms with Gasteiger partial charge in [-0.3, -0.25) is 4.99 Å². The molecule has 0 aromatic heterocycles. The molecule has 0 unspecified atom stereocenters. The van der Waals surface area contributed by atoms with Crippen LogP contribution in [0.15, 0.2) is 114 Å². The summed E-state index contributed by atoms with van der Waals surface area (Å²) in [5.74, 6) is 0.677. The lowest BCUT2D eigenvalue weighted by Crippen LogP contribution is -2.26. The Morgan fingerprint density at radius 2 is 1.63 bits per heavy atom. The topological polar surface area (TPSA) is 33.6 Å². The summed E-state index contributed by atoms with van der Waals surface area (Å²) in [5.41, 5.74) is 7.47. The molecule has 1 aliphatic rings. The fourth-order valence-electron chi connectivity index (χ4n) is 4.75. The third kappa shape index (κ3) is 6.92. The third-order valence-electron chi connectivity index (χ3n) is 7.04. The summed E-state index contributed by atoms with van der Waals surface area (Å²) in [5, 5.41) is 3.39. The Kier molecular flexibility index (Phi) is 9.37. The Morgan fingerprint density at radius 3 is 2.37 bits per heavy atom. The number of nitrogens with zero attached hydrogens (tertiary/aromatic N) is 1. The Hall–Kier alpha value is -3.85. The molecule has 0 aliphatic carbocycles. The lowest BCUT2D eigenvalue weighted by Gasteiger charge is -2.22. The number of allylic oxidation sites excluding steroid dienone is 1. The smallest absolute Gasteiger partial charge is 0.120 e. The van der Waals surface area contributed by atoms with Crippen molar-refractivity contribution >= 4 is 23.2 Å². The van der Waals surface area contributed by atoms with Crippen LogP contribution in [0.1, 0.15) is 69.6 Å². The van der Waals surface area contributed by atoms with Crippen LogP contribution in [0, 0.1) is 0 Å². The van der Waals surface area contributed by atoms with Crippen molar-refractivity contribution in [2.24, 2.45) is 4.99 Å². The minimum absolute atomic E-state index is 0.168. The molecule has 1 N–H and O–H groups in total. The molecule has 0 saturated heterocycles. The maximum absolute atomic E-state index is 6.06. The summed E-state index contributed by atoms with van der Waals surface area (Å²) < 4.78 is 6.06. The van der Waals surface area contributed by atoms with E-state index >= 15 is 0 Å². The van der Waals surface area contributed by atoms with E-state index < -0.39 is 0 Å². The molecule has 1 aliphatic heterocycles. The van der Waals surface area contributed by atoms with Crippen molar-refractivity contribution < 1.29 is 4.74 Å². The average Bonchev–Trinajstić information content (AvgIpc) is 3.21. The second kappa shape index (κ2) is 13.1. The normalized spacial score (nSPS) is 14.3. The van der Waals surface area contributed by atoms with E-state index in [-0.39, 0.29) is 5.41 Å². The number of aliphatic imine (C=N–C) groups is 1. The second-order valence-electron chi connectivity index (χ2n) is 10.4. The highest BCUT2D eigenvalue weighted by Gasteiger charge is 2.35. The van der Waals surface area contributed by atoms with Gasteiger partial charge in [-0.2, -0.15) is 0 Å². The number of hydrogen-bond donors (Lipinski definition) is 1. The molecule has 0 saturated carbocycles. The molecule has 0 radical (unpaired) electrons. The van der Waals surface area contributed by atoms with Crippen LogP contribution in [0.25, 0.3) is 6.08 Å². The van der Waals surface area contributed by atoms with Crippen LogP contribution >= 0.6 is 0 Å². The van der Waals surface area contributed by atoms with Gasteiger partial charge < -0.3 is 10.1 Å². The number of ether oxygens (including phenoxy) is 1. The largest absolute Gasteiger partial charge is 0.494 e. The van der Waals surface area contributed by atoms with E-state index in [2.05, 4.69) is 87.3 Å². The van der Waals surface area contributed by atoms with E-state index in [1.165, 1.54) is 36.8 Å². The van der Waals surface area contributed by atoms with Crippen molar-refractivity contribution in [2.45, 2.75) is 58.3 Å². The van der Waals surface area contributed by atoms with Gasteiger partial charge in [0.25, 0.3) is 0 Å². The highest BCUT2D eigenvalue weighted by atomic mass is 16.5. The summed E-state index contributed by atoms with van der Waals surface area (Å²) in [6.45, 7) is 11.7. The van der Waals surface area contributed by atoms with Gasteiger partial charge in [0.15, 0.2) is 0 Å². The van der Waals surface area contributed by atoms with Gasteiger partial charge in [-0.15, -0.1) is 0 Å². The number of unbranched alkanes of at least 4 members (excludes halogenated alkanes) is 4. The molecule has 196 valence electrons. The molecule has 0 spiro atoms. The fourth-order valence-corrected chi connectivity index (χ4v) is 4.75. The van der Waals surface area contributed by atoms with Crippen LogP contribution in [-0.2, 0) is 10.2 Å². The highest BCUT2D eigenvalue weighted by Crippen LogP contribution is 2.42. The summed E-state index contributed by atoms with van der Waals surface area (Å²) in [7, 11) is 0. The molecular weight excluding hydrogens is 464 g/mol. The van der Waals surface area contributed by atoms with Gasteiger partial charge >= 0.3 is 0 Å². The van der Waals surface area contributed by atoms with Crippen molar-refractivity contribution in [3.05, 3.63) is 126 Å². The standard InChI is InChI=1S/C35H40N2O/c1-5-6-7-8-15-24-38-27(2)30(26-36-31-18-13-10-14-19-31)22-20-28-21-23-33-32(25-28)35(3,4)34(37-33)29-16-11-9-12-17-29/h9-14,16-23,25-26,36H,2,5-8,15,24H2,1,3-4H3/b22-20+,30-26-. The van der Waals surface area contributed by atoms with Crippen molar-refractivity contribution in [3.63, 3.8) is 0 Å². The highest BCUT2D eigenvalue weighted by molar-refractivity contribution is 6.12. The van der Waals surface area contributed by atoms with Gasteiger partial charge in [-0.05, 0) is 53.5 Å². The summed E-state index contributed by atoms with van der Waals surface area (Å²) >= 11 is 0. The molecule has 0 atom stereocenters. The lowest BCUT2D eigenvalue weighted by molar-refractivity contribution is 0.215. The minimum Gasteiger partial charge on any atom is -0.494 e. The van der Waals surface area contributed by atoms with Crippen LogP contribution in [0.2, 0.25) is 0 Å². The van der Waals surface area contributed by atoms with E-state index in [0.717, 1.165) is 34.6 Å². The number of para-hydroxylation sites is 1. The van der Waals surface area contributed by atoms with Gasteiger partial charge in [-0.25, -0.2) is 0 Å². The van der Waals surface area contributed by atoms with Crippen LogP contribution in [0.3, 0.4) is 0 Å². The van der Waals surface area contributed by atoms with Crippen LogP contribution < -0.4 is 5.32 Å². The Bertz CT molecular complexity index is 1300. The van der Waals surface area contributed by atoms with Crippen LogP contribution in [-0.4, -0.2) is 12.3 Å². The number of fused-ring (bicyclic) bond motifs is 1. The van der Waals surface area contributed by atoms with Crippen molar-refractivity contribution in [1.29, 1.82) is 0 Å². The van der Waals surface area contributed by atoms with Gasteiger partial charge in [0.05, 0.1) is 18.0 Å². The molecule has 3 aromatic carbocycles. The predicted molar refractivity (Wildman–Crippen MR) is 163 cm³/mol. The van der Waals surface area contributed by atoms with Crippen molar-refractivity contribution in [3.8, 4) is 0 Å². The third-order valence-corrected chi connectivity index (χ3v) is 7.04. The van der Waals surface area contributed by atoms with E-state index in [1.54, 1.807) is 0 Å². The zero-order valence-corrected chi connectivity index (χ0v) is 23.0. The van der Waals surface area contributed by atoms with Crippen molar-refractivity contribution in [1.82, 2.24) is 0 Å². The quantitative estimate of drug-likeness (QED) is 0.143. The first-order valence-electron chi connectivity index (χ1n) is 13.8. The van der Waals surface area contributed by atoms with Crippen LogP contribution in [0.5, 0.6) is 0 Å². The molecule has 1 heterocycles.